The molecule has 132 valence electrons. The predicted molar refractivity (Wildman–Crippen MR) is 100 cm³/mol. The average Bonchev–Trinajstić information content (AvgIpc) is 2.88. The van der Waals surface area contributed by atoms with Crippen LogP contribution in [0.2, 0.25) is 0 Å². The number of aromatic nitrogens is 1. The molecule has 0 amide bonds. The van der Waals surface area contributed by atoms with Gasteiger partial charge >= 0.3 is 0 Å². The molecule has 0 bridgehead atoms. The van der Waals surface area contributed by atoms with E-state index in [4.69, 9.17) is 0 Å². The Labute approximate surface area is 149 Å². The van der Waals surface area contributed by atoms with Gasteiger partial charge in [0.05, 0.1) is 0 Å². The zero-order chi connectivity index (χ0) is 17.5. The first-order chi connectivity index (χ1) is 12.1. The second kappa shape index (κ2) is 8.38. The van der Waals surface area contributed by atoms with E-state index < -0.39 is 10.0 Å². The van der Waals surface area contributed by atoms with Crippen molar-refractivity contribution in [2.75, 3.05) is 26.2 Å². The van der Waals surface area contributed by atoms with Gasteiger partial charge in [-0.2, -0.15) is 4.31 Å². The monoisotopic (exact) mass is 357 g/mol. The van der Waals surface area contributed by atoms with Gasteiger partial charge in [0.1, 0.15) is 0 Å². The van der Waals surface area contributed by atoms with Crippen molar-refractivity contribution in [1.29, 1.82) is 0 Å². The van der Waals surface area contributed by atoms with Gasteiger partial charge in [-0.15, -0.1) is 0 Å². The van der Waals surface area contributed by atoms with Gasteiger partial charge in [-0.25, -0.2) is 8.42 Å². The standard InChI is InChI=1S/C19H23N3O2S/c23-25(24,15-9-18-6-2-1-3-7-18)22-12-5-11-21(13-14-22)17-19-8-4-10-20-16-19/h1-4,6-10,15-16H,5,11-14,17H2. The number of hydrogen-bond acceptors (Lipinski definition) is 4. The van der Waals surface area contributed by atoms with E-state index >= 15 is 0 Å². The third-order valence-electron chi connectivity index (χ3n) is 4.27. The van der Waals surface area contributed by atoms with Crippen molar-refractivity contribution in [2.45, 2.75) is 13.0 Å². The normalized spacial score (nSPS) is 17.6. The molecule has 0 unspecified atom stereocenters. The summed E-state index contributed by atoms with van der Waals surface area (Å²) < 4.78 is 26.8. The lowest BCUT2D eigenvalue weighted by atomic mass is 10.2. The fourth-order valence-corrected chi connectivity index (χ4v) is 4.15. The van der Waals surface area contributed by atoms with Crippen molar-refractivity contribution in [3.05, 3.63) is 71.4 Å². The van der Waals surface area contributed by atoms with Crippen molar-refractivity contribution in [1.82, 2.24) is 14.2 Å². The molecule has 0 N–H and O–H groups in total. The molecule has 5 nitrogen and oxygen atoms in total. The van der Waals surface area contributed by atoms with Gasteiger partial charge < -0.3 is 0 Å². The molecule has 3 rings (SSSR count). The zero-order valence-electron chi connectivity index (χ0n) is 14.2. The summed E-state index contributed by atoms with van der Waals surface area (Å²) in [7, 11) is -3.39. The Kier molecular flexibility index (Phi) is 5.96. The molecule has 1 fully saturated rings. The minimum Gasteiger partial charge on any atom is -0.298 e. The van der Waals surface area contributed by atoms with Crippen molar-refractivity contribution in [3.63, 3.8) is 0 Å². The van der Waals surface area contributed by atoms with Crippen LogP contribution in [-0.2, 0) is 16.6 Å². The Hall–Kier alpha value is -2.02. The number of benzene rings is 1. The maximum Gasteiger partial charge on any atom is 0.236 e. The Balaban J connectivity index is 1.61. The largest absolute Gasteiger partial charge is 0.298 e. The van der Waals surface area contributed by atoms with Crippen molar-refractivity contribution >= 4 is 16.1 Å². The van der Waals surface area contributed by atoms with Gasteiger partial charge in [-0.3, -0.25) is 9.88 Å². The molecule has 0 atom stereocenters. The number of rotatable bonds is 5. The van der Waals surface area contributed by atoms with Crippen LogP contribution in [0.4, 0.5) is 0 Å². The highest BCUT2D eigenvalue weighted by molar-refractivity contribution is 7.92. The lowest BCUT2D eigenvalue weighted by Gasteiger charge is -2.20. The smallest absolute Gasteiger partial charge is 0.236 e. The second-order valence-electron chi connectivity index (χ2n) is 6.15. The molecule has 2 heterocycles. The van der Waals surface area contributed by atoms with E-state index in [-0.39, 0.29) is 0 Å². The van der Waals surface area contributed by atoms with Gasteiger partial charge in [-0.05, 0) is 36.2 Å². The molecule has 1 aromatic heterocycles. The molecule has 0 radical (unpaired) electrons. The van der Waals surface area contributed by atoms with E-state index in [1.54, 1.807) is 16.6 Å². The van der Waals surface area contributed by atoms with Crippen LogP contribution in [0.15, 0.2) is 60.3 Å². The lowest BCUT2D eigenvalue weighted by Crippen LogP contribution is -2.33. The maximum absolute atomic E-state index is 12.6. The van der Waals surface area contributed by atoms with Gasteiger partial charge in [0.2, 0.25) is 10.0 Å². The summed E-state index contributed by atoms with van der Waals surface area (Å²) in [5.74, 6) is 0. The van der Waals surface area contributed by atoms with E-state index in [0.29, 0.717) is 13.1 Å². The van der Waals surface area contributed by atoms with E-state index in [0.717, 1.165) is 37.2 Å². The molecule has 0 aliphatic carbocycles. The summed E-state index contributed by atoms with van der Waals surface area (Å²) in [6.45, 7) is 3.50. The average molecular weight is 357 g/mol. The molecule has 2 aromatic rings. The fraction of sp³-hybridized carbons (Fsp3) is 0.316. The third kappa shape index (κ3) is 5.22. The van der Waals surface area contributed by atoms with Crippen LogP contribution in [0.3, 0.4) is 0 Å². The van der Waals surface area contributed by atoms with E-state index in [1.807, 2.05) is 42.6 Å². The van der Waals surface area contributed by atoms with Crippen LogP contribution in [0, 0.1) is 0 Å². The lowest BCUT2D eigenvalue weighted by molar-refractivity contribution is 0.278. The SMILES string of the molecule is O=S(=O)(C=Cc1ccccc1)N1CCCN(Cc2cccnc2)CC1. The Morgan fingerprint density at radius 1 is 1.00 bits per heavy atom. The predicted octanol–water partition coefficient (Wildman–Crippen LogP) is 2.59. The fourth-order valence-electron chi connectivity index (χ4n) is 2.92. The Morgan fingerprint density at radius 3 is 2.60 bits per heavy atom. The molecule has 25 heavy (non-hydrogen) atoms. The molecule has 6 heteroatoms. The number of hydrogen-bond donors (Lipinski definition) is 0. The Morgan fingerprint density at radius 2 is 1.84 bits per heavy atom. The summed E-state index contributed by atoms with van der Waals surface area (Å²) in [5.41, 5.74) is 2.04. The van der Waals surface area contributed by atoms with Crippen molar-refractivity contribution in [3.8, 4) is 0 Å². The number of nitrogens with zero attached hydrogens (tertiary/aromatic N) is 3. The summed E-state index contributed by atoms with van der Waals surface area (Å²) in [5, 5.41) is 1.32. The quantitative estimate of drug-likeness (QED) is 0.825. The Bertz CT molecular complexity index is 792. The minimum atomic E-state index is -3.39. The minimum absolute atomic E-state index is 0.516. The number of pyridine rings is 1. The highest BCUT2D eigenvalue weighted by Crippen LogP contribution is 2.13. The van der Waals surface area contributed by atoms with Gasteiger partial charge in [0.15, 0.2) is 0 Å². The zero-order valence-corrected chi connectivity index (χ0v) is 15.0. The van der Waals surface area contributed by atoms with Crippen molar-refractivity contribution in [2.24, 2.45) is 0 Å². The molecule has 0 spiro atoms. The first kappa shape index (κ1) is 17.8. The molecule has 1 aromatic carbocycles. The van der Waals surface area contributed by atoms with Crippen LogP contribution >= 0.6 is 0 Å². The van der Waals surface area contributed by atoms with Gasteiger partial charge in [-0.1, -0.05) is 36.4 Å². The van der Waals surface area contributed by atoms with E-state index in [1.165, 1.54) is 5.41 Å². The molecule has 1 aliphatic rings. The summed E-state index contributed by atoms with van der Waals surface area (Å²) in [6.07, 6.45) is 6.12. The van der Waals surface area contributed by atoms with Crippen LogP contribution < -0.4 is 0 Å². The van der Waals surface area contributed by atoms with E-state index in [2.05, 4.69) is 16.0 Å². The van der Waals surface area contributed by atoms with Crippen LogP contribution in [0.25, 0.3) is 6.08 Å². The molecule has 1 aliphatic heterocycles. The first-order valence-electron chi connectivity index (χ1n) is 8.48. The van der Waals surface area contributed by atoms with Crippen LogP contribution in [0.5, 0.6) is 0 Å². The summed E-state index contributed by atoms with van der Waals surface area (Å²) in [4.78, 5) is 6.42. The van der Waals surface area contributed by atoms with Crippen LogP contribution in [-0.4, -0.2) is 48.8 Å². The molecule has 0 saturated carbocycles. The third-order valence-corrected chi connectivity index (χ3v) is 5.83. The molecular formula is C19H23N3O2S. The maximum atomic E-state index is 12.6. The van der Waals surface area contributed by atoms with Crippen LogP contribution in [0.1, 0.15) is 17.5 Å². The number of sulfonamides is 1. The topological polar surface area (TPSA) is 53.5 Å². The summed E-state index contributed by atoms with van der Waals surface area (Å²) >= 11 is 0. The molecular weight excluding hydrogens is 334 g/mol. The second-order valence-corrected chi connectivity index (χ2v) is 7.97. The van der Waals surface area contributed by atoms with Gasteiger partial charge in [0, 0.05) is 44.0 Å². The highest BCUT2D eigenvalue weighted by atomic mass is 32.2. The summed E-state index contributed by atoms with van der Waals surface area (Å²) in [6, 6.07) is 13.5. The van der Waals surface area contributed by atoms with Gasteiger partial charge in [0.25, 0.3) is 0 Å². The highest BCUT2D eigenvalue weighted by Gasteiger charge is 2.23. The van der Waals surface area contributed by atoms with Crippen molar-refractivity contribution < 1.29 is 8.42 Å². The van der Waals surface area contributed by atoms with E-state index in [9.17, 15) is 8.42 Å². The molecule has 1 saturated heterocycles. The first-order valence-corrected chi connectivity index (χ1v) is 9.98.